The fraction of sp³-hybridized carbons (Fsp3) is 0.833. The molecule has 0 radical (unpaired) electrons. The summed E-state index contributed by atoms with van der Waals surface area (Å²) in [5.74, 6) is -0.843. The first-order chi connectivity index (χ1) is 5.38. The lowest BCUT2D eigenvalue weighted by molar-refractivity contribution is -0.148. The first kappa shape index (κ1) is 11.8. The first-order valence-electron chi connectivity index (χ1n) is 3.28. The monoisotopic (exact) mass is 246 g/mol. The third-order valence-corrected chi connectivity index (χ3v) is 1.57. The largest absolute Gasteiger partial charge is 0.466 e. The maximum atomic E-state index is 12.2. The molecule has 1 atom stereocenters. The SMILES string of the molecule is CCOC(=O)CC(O)C(F)(F)Br. The molecule has 0 saturated heterocycles. The zero-order valence-corrected chi connectivity index (χ0v) is 7.98. The Kier molecular flexibility index (Phi) is 4.62. The van der Waals surface area contributed by atoms with Crippen molar-refractivity contribution in [2.45, 2.75) is 24.3 Å². The van der Waals surface area contributed by atoms with Gasteiger partial charge in [0.25, 0.3) is 0 Å². The third kappa shape index (κ3) is 4.61. The second-order valence-corrected chi connectivity index (χ2v) is 3.12. The molecule has 0 fully saturated rings. The van der Waals surface area contributed by atoms with Crippen LogP contribution in [0.4, 0.5) is 8.78 Å². The van der Waals surface area contributed by atoms with Crippen LogP contribution in [-0.4, -0.2) is 28.6 Å². The van der Waals surface area contributed by atoms with Crippen LogP contribution in [-0.2, 0) is 9.53 Å². The number of carbonyl (C=O) groups excluding carboxylic acids is 1. The minimum Gasteiger partial charge on any atom is -0.466 e. The molecule has 0 amide bonds. The van der Waals surface area contributed by atoms with Gasteiger partial charge in [0.1, 0.15) is 6.10 Å². The van der Waals surface area contributed by atoms with E-state index in [1.165, 1.54) is 0 Å². The molecule has 0 aromatic rings. The lowest BCUT2D eigenvalue weighted by Gasteiger charge is -2.14. The van der Waals surface area contributed by atoms with Crippen LogP contribution < -0.4 is 0 Å². The second-order valence-electron chi connectivity index (χ2n) is 2.07. The molecule has 0 aliphatic heterocycles. The molecule has 0 bridgehead atoms. The number of carbonyl (C=O) groups is 1. The van der Waals surface area contributed by atoms with E-state index in [1.54, 1.807) is 6.92 Å². The van der Waals surface area contributed by atoms with Crippen LogP contribution in [0.5, 0.6) is 0 Å². The maximum Gasteiger partial charge on any atom is 0.327 e. The van der Waals surface area contributed by atoms with Crippen LogP contribution in [0.2, 0.25) is 0 Å². The number of alkyl halides is 3. The van der Waals surface area contributed by atoms with Crippen molar-refractivity contribution in [1.82, 2.24) is 0 Å². The van der Waals surface area contributed by atoms with Gasteiger partial charge in [-0.15, -0.1) is 0 Å². The minimum atomic E-state index is -3.44. The lowest BCUT2D eigenvalue weighted by atomic mass is 10.3. The van der Waals surface area contributed by atoms with Crippen LogP contribution in [0.25, 0.3) is 0 Å². The summed E-state index contributed by atoms with van der Waals surface area (Å²) >= 11 is 1.93. The summed E-state index contributed by atoms with van der Waals surface area (Å²) in [4.78, 5) is 7.12. The van der Waals surface area contributed by atoms with Crippen molar-refractivity contribution in [3.8, 4) is 0 Å². The van der Waals surface area contributed by atoms with Gasteiger partial charge in [0.05, 0.1) is 13.0 Å². The minimum absolute atomic E-state index is 0.111. The van der Waals surface area contributed by atoms with E-state index in [0.29, 0.717) is 0 Å². The van der Waals surface area contributed by atoms with Gasteiger partial charge >= 0.3 is 10.8 Å². The molecular weight excluding hydrogens is 238 g/mol. The number of halogens is 3. The van der Waals surface area contributed by atoms with Crippen molar-refractivity contribution in [3.63, 3.8) is 0 Å². The Morgan fingerprint density at radius 2 is 2.25 bits per heavy atom. The van der Waals surface area contributed by atoms with Gasteiger partial charge in [0.15, 0.2) is 0 Å². The van der Waals surface area contributed by atoms with E-state index in [4.69, 9.17) is 5.11 Å². The summed E-state index contributed by atoms with van der Waals surface area (Å²) < 4.78 is 28.7. The topological polar surface area (TPSA) is 46.5 Å². The van der Waals surface area contributed by atoms with Gasteiger partial charge in [-0.2, -0.15) is 8.78 Å². The lowest BCUT2D eigenvalue weighted by Crippen LogP contribution is -2.30. The third-order valence-electron chi connectivity index (χ3n) is 1.04. The molecule has 0 aromatic carbocycles. The summed E-state index contributed by atoms with van der Waals surface area (Å²) in [6.45, 7) is 1.66. The highest BCUT2D eigenvalue weighted by atomic mass is 79.9. The molecule has 72 valence electrons. The Bertz CT molecular complexity index is 157. The van der Waals surface area contributed by atoms with Crippen molar-refractivity contribution in [1.29, 1.82) is 0 Å². The molecule has 0 aliphatic carbocycles. The fourth-order valence-corrected chi connectivity index (χ4v) is 0.655. The van der Waals surface area contributed by atoms with Gasteiger partial charge in [0, 0.05) is 0 Å². The molecule has 1 unspecified atom stereocenters. The van der Waals surface area contributed by atoms with Gasteiger partial charge in [-0.3, -0.25) is 4.79 Å². The molecule has 0 heterocycles. The number of rotatable bonds is 4. The average Bonchev–Trinajstić information content (AvgIpc) is 1.85. The Morgan fingerprint density at radius 3 is 2.58 bits per heavy atom. The Morgan fingerprint density at radius 1 is 1.75 bits per heavy atom. The fourth-order valence-electron chi connectivity index (χ4n) is 0.494. The van der Waals surface area contributed by atoms with Crippen LogP contribution >= 0.6 is 15.9 Å². The van der Waals surface area contributed by atoms with Crippen molar-refractivity contribution in [3.05, 3.63) is 0 Å². The number of esters is 1. The van der Waals surface area contributed by atoms with E-state index in [1.807, 2.05) is 15.9 Å². The van der Waals surface area contributed by atoms with Crippen molar-refractivity contribution in [2.24, 2.45) is 0 Å². The van der Waals surface area contributed by atoms with E-state index >= 15 is 0 Å². The number of aliphatic hydroxyl groups excluding tert-OH is 1. The van der Waals surface area contributed by atoms with Crippen molar-refractivity contribution < 1.29 is 23.4 Å². The predicted octanol–water partition coefficient (Wildman–Crippen LogP) is 1.29. The van der Waals surface area contributed by atoms with Gasteiger partial charge in [-0.05, 0) is 22.9 Å². The van der Waals surface area contributed by atoms with E-state index in [0.717, 1.165) is 0 Å². The molecular formula is C6H9BrF2O3. The van der Waals surface area contributed by atoms with E-state index in [2.05, 4.69) is 4.74 Å². The summed E-state index contributed by atoms with van der Waals surface area (Å²) in [5, 5.41) is 8.69. The summed E-state index contributed by atoms with van der Waals surface area (Å²) in [7, 11) is 0. The highest BCUT2D eigenvalue weighted by Crippen LogP contribution is 2.27. The quantitative estimate of drug-likeness (QED) is 0.601. The smallest absolute Gasteiger partial charge is 0.327 e. The second kappa shape index (κ2) is 4.71. The Hall–Kier alpha value is -0.230. The molecule has 0 aromatic heterocycles. The summed E-state index contributed by atoms with van der Waals surface area (Å²) in [5.41, 5.74) is 0. The van der Waals surface area contributed by atoms with Gasteiger partial charge in [0.2, 0.25) is 0 Å². The number of hydrogen-bond donors (Lipinski definition) is 1. The molecule has 0 saturated carbocycles. The standard InChI is InChI=1S/C6H9BrF2O3/c1-2-12-5(11)3-4(10)6(7,8)9/h4,10H,2-3H2,1H3. The van der Waals surface area contributed by atoms with Crippen molar-refractivity contribution in [2.75, 3.05) is 6.61 Å². The molecule has 12 heavy (non-hydrogen) atoms. The van der Waals surface area contributed by atoms with Gasteiger partial charge in [-0.25, -0.2) is 0 Å². The predicted molar refractivity (Wildman–Crippen MR) is 41.1 cm³/mol. The van der Waals surface area contributed by atoms with E-state index in [-0.39, 0.29) is 6.61 Å². The highest BCUT2D eigenvalue weighted by Gasteiger charge is 2.36. The number of ether oxygens (including phenoxy) is 1. The zero-order valence-electron chi connectivity index (χ0n) is 6.39. The van der Waals surface area contributed by atoms with Crippen LogP contribution in [0, 0.1) is 0 Å². The number of hydrogen-bond acceptors (Lipinski definition) is 3. The first-order valence-corrected chi connectivity index (χ1v) is 4.07. The van der Waals surface area contributed by atoms with E-state index < -0.39 is 23.3 Å². The van der Waals surface area contributed by atoms with Crippen LogP contribution in [0.15, 0.2) is 0 Å². The van der Waals surface area contributed by atoms with Crippen LogP contribution in [0.3, 0.4) is 0 Å². The average molecular weight is 247 g/mol. The summed E-state index contributed by atoms with van der Waals surface area (Å²) in [6, 6.07) is 0. The molecule has 6 heteroatoms. The Balaban J connectivity index is 3.84. The highest BCUT2D eigenvalue weighted by molar-refractivity contribution is 9.10. The zero-order chi connectivity index (χ0) is 9.78. The van der Waals surface area contributed by atoms with Crippen molar-refractivity contribution >= 4 is 21.9 Å². The van der Waals surface area contributed by atoms with E-state index in [9.17, 15) is 13.6 Å². The normalized spacial score (nSPS) is 14.1. The Labute approximate surface area is 76.8 Å². The van der Waals surface area contributed by atoms with Crippen LogP contribution in [0.1, 0.15) is 13.3 Å². The molecule has 3 nitrogen and oxygen atoms in total. The van der Waals surface area contributed by atoms with Gasteiger partial charge in [-0.1, -0.05) is 0 Å². The number of aliphatic hydroxyl groups is 1. The van der Waals surface area contributed by atoms with Gasteiger partial charge < -0.3 is 9.84 Å². The molecule has 0 rings (SSSR count). The molecule has 0 aliphatic rings. The maximum absolute atomic E-state index is 12.2. The molecule has 0 spiro atoms. The molecule has 1 N–H and O–H groups in total. The summed E-state index contributed by atoms with van der Waals surface area (Å²) in [6.07, 6.45) is -2.76.